The first-order valence-electron chi connectivity index (χ1n) is 10.1. The summed E-state index contributed by atoms with van der Waals surface area (Å²) in [6, 6.07) is 12.6. The van der Waals surface area contributed by atoms with Crippen LogP contribution in [0.25, 0.3) is 5.82 Å². The second kappa shape index (κ2) is 7.95. The number of hydrogen-bond donors (Lipinski definition) is 1. The zero-order valence-electron chi connectivity index (χ0n) is 17.4. The van der Waals surface area contributed by atoms with Crippen molar-refractivity contribution in [1.82, 2.24) is 24.8 Å². The molecule has 1 saturated heterocycles. The van der Waals surface area contributed by atoms with Crippen molar-refractivity contribution in [2.75, 3.05) is 6.54 Å². The van der Waals surface area contributed by atoms with Gasteiger partial charge in [0.1, 0.15) is 5.82 Å². The van der Waals surface area contributed by atoms with Gasteiger partial charge < -0.3 is 14.8 Å². The van der Waals surface area contributed by atoms with Gasteiger partial charge in [0.15, 0.2) is 5.11 Å². The number of nitrogens with one attached hydrogen (secondary N) is 1. The van der Waals surface area contributed by atoms with Gasteiger partial charge >= 0.3 is 0 Å². The minimum atomic E-state index is 0.0228. The average Bonchev–Trinajstić information content (AvgIpc) is 3.18. The van der Waals surface area contributed by atoms with E-state index in [1.165, 1.54) is 22.5 Å². The highest BCUT2D eigenvalue weighted by atomic mass is 32.1. The summed E-state index contributed by atoms with van der Waals surface area (Å²) < 4.78 is 2.24. The Morgan fingerprint density at radius 2 is 1.90 bits per heavy atom. The number of aromatic nitrogens is 3. The first kappa shape index (κ1) is 19.6. The molecule has 0 aliphatic carbocycles. The lowest BCUT2D eigenvalue weighted by atomic mass is 9.96. The maximum atomic E-state index is 5.72. The summed E-state index contributed by atoms with van der Waals surface area (Å²) in [4.78, 5) is 11.6. The van der Waals surface area contributed by atoms with E-state index in [-0.39, 0.29) is 12.1 Å². The number of pyridine rings is 2. The Labute approximate surface area is 177 Å². The summed E-state index contributed by atoms with van der Waals surface area (Å²) in [6.07, 6.45) is 4.75. The van der Waals surface area contributed by atoms with Crippen LogP contribution >= 0.6 is 12.2 Å². The number of hydrogen-bond acceptors (Lipinski definition) is 3. The summed E-state index contributed by atoms with van der Waals surface area (Å²) in [6.45, 7) is 9.51. The lowest BCUT2D eigenvalue weighted by Gasteiger charge is -2.27. The van der Waals surface area contributed by atoms with Crippen molar-refractivity contribution in [2.24, 2.45) is 0 Å². The first-order valence-corrected chi connectivity index (χ1v) is 10.5. The van der Waals surface area contributed by atoms with Crippen LogP contribution < -0.4 is 5.32 Å². The molecule has 2 atom stereocenters. The molecule has 0 saturated carbocycles. The van der Waals surface area contributed by atoms with Gasteiger partial charge in [-0.3, -0.25) is 4.98 Å². The first-order chi connectivity index (χ1) is 14.0. The minimum Gasteiger partial charge on any atom is -0.352 e. The van der Waals surface area contributed by atoms with E-state index in [4.69, 9.17) is 12.2 Å². The van der Waals surface area contributed by atoms with Crippen molar-refractivity contribution < 1.29 is 0 Å². The lowest BCUT2D eigenvalue weighted by Crippen LogP contribution is -2.30. The molecule has 0 amide bonds. The zero-order chi connectivity index (χ0) is 20.5. The standard InChI is InChI=1S/C23H27N5S/c1-5-12-27-22(21(26-23(27)29)19-8-6-7-10-24-19)18-14-16(3)28(17(18)4)20-13-15(2)9-11-25-20/h6-11,13-14,21-22H,5,12H2,1-4H3,(H,26,29)/t21-,22-/m1/s1. The highest BCUT2D eigenvalue weighted by Gasteiger charge is 2.40. The highest BCUT2D eigenvalue weighted by Crippen LogP contribution is 2.41. The van der Waals surface area contributed by atoms with E-state index in [1.807, 2.05) is 30.6 Å². The molecule has 0 unspecified atom stereocenters. The van der Waals surface area contributed by atoms with E-state index in [2.05, 4.69) is 70.6 Å². The quantitative estimate of drug-likeness (QED) is 0.630. The van der Waals surface area contributed by atoms with Crippen molar-refractivity contribution in [3.8, 4) is 5.82 Å². The van der Waals surface area contributed by atoms with Crippen LogP contribution in [-0.4, -0.2) is 31.1 Å². The normalized spacial score (nSPS) is 18.9. The average molecular weight is 406 g/mol. The Kier molecular flexibility index (Phi) is 5.37. The molecule has 150 valence electrons. The maximum Gasteiger partial charge on any atom is 0.170 e. The summed E-state index contributed by atoms with van der Waals surface area (Å²) >= 11 is 5.72. The third-order valence-corrected chi connectivity index (χ3v) is 5.93. The van der Waals surface area contributed by atoms with Gasteiger partial charge in [0.25, 0.3) is 0 Å². The topological polar surface area (TPSA) is 46.0 Å². The molecule has 1 aliphatic rings. The Bertz CT molecular complexity index is 1030. The summed E-state index contributed by atoms with van der Waals surface area (Å²) in [5.41, 5.74) is 5.84. The van der Waals surface area contributed by atoms with Crippen molar-refractivity contribution in [1.29, 1.82) is 0 Å². The predicted octanol–water partition coefficient (Wildman–Crippen LogP) is 4.58. The van der Waals surface area contributed by atoms with E-state index in [1.54, 1.807) is 0 Å². The molecule has 3 aromatic heterocycles. The number of thiocarbonyl (C=S) groups is 1. The molecule has 1 fully saturated rings. The molecule has 1 N–H and O–H groups in total. The van der Waals surface area contributed by atoms with Crippen LogP contribution in [0.15, 0.2) is 48.8 Å². The van der Waals surface area contributed by atoms with Crippen LogP contribution in [0, 0.1) is 20.8 Å². The second-order valence-corrected chi connectivity index (χ2v) is 8.06. The van der Waals surface area contributed by atoms with E-state index in [0.29, 0.717) is 0 Å². The fourth-order valence-corrected chi connectivity index (χ4v) is 4.64. The largest absolute Gasteiger partial charge is 0.352 e. The van der Waals surface area contributed by atoms with Gasteiger partial charge in [0.05, 0.1) is 17.8 Å². The molecule has 4 rings (SSSR count). The smallest absolute Gasteiger partial charge is 0.170 e. The minimum absolute atomic E-state index is 0.0228. The van der Waals surface area contributed by atoms with Gasteiger partial charge in [0, 0.05) is 30.3 Å². The van der Waals surface area contributed by atoms with Crippen molar-refractivity contribution in [2.45, 2.75) is 46.2 Å². The van der Waals surface area contributed by atoms with E-state index in [9.17, 15) is 0 Å². The molecule has 29 heavy (non-hydrogen) atoms. The van der Waals surface area contributed by atoms with Gasteiger partial charge in [-0.15, -0.1) is 0 Å². The van der Waals surface area contributed by atoms with Crippen molar-refractivity contribution in [3.63, 3.8) is 0 Å². The van der Waals surface area contributed by atoms with Gasteiger partial charge in [0.2, 0.25) is 0 Å². The predicted molar refractivity (Wildman–Crippen MR) is 120 cm³/mol. The fraction of sp³-hybridized carbons (Fsp3) is 0.348. The van der Waals surface area contributed by atoms with E-state index in [0.717, 1.165) is 29.6 Å². The van der Waals surface area contributed by atoms with Crippen molar-refractivity contribution >= 4 is 17.3 Å². The molecule has 3 aromatic rings. The Balaban J connectivity index is 1.84. The molecule has 6 heteroatoms. The SMILES string of the molecule is CCCN1C(=S)N[C@H](c2ccccn2)[C@H]1c1cc(C)n(-c2cc(C)ccn2)c1C. The lowest BCUT2D eigenvalue weighted by molar-refractivity contribution is 0.316. The van der Waals surface area contributed by atoms with Crippen molar-refractivity contribution in [3.05, 3.63) is 77.0 Å². The highest BCUT2D eigenvalue weighted by molar-refractivity contribution is 7.80. The van der Waals surface area contributed by atoms with Gasteiger partial charge in [-0.25, -0.2) is 4.98 Å². The number of rotatable bonds is 5. The molecular formula is C23H27N5S. The van der Waals surface area contributed by atoms with E-state index < -0.39 is 0 Å². The molecule has 0 radical (unpaired) electrons. The van der Waals surface area contributed by atoms with Crippen LogP contribution in [-0.2, 0) is 0 Å². The van der Waals surface area contributed by atoms with Crippen LogP contribution in [0.5, 0.6) is 0 Å². The van der Waals surface area contributed by atoms with Crippen LogP contribution in [0.3, 0.4) is 0 Å². The van der Waals surface area contributed by atoms with Gasteiger partial charge in [-0.1, -0.05) is 13.0 Å². The molecule has 1 aliphatic heterocycles. The summed E-state index contributed by atoms with van der Waals surface area (Å²) in [7, 11) is 0. The maximum absolute atomic E-state index is 5.72. The summed E-state index contributed by atoms with van der Waals surface area (Å²) in [5, 5.41) is 4.33. The number of nitrogens with zero attached hydrogens (tertiary/aromatic N) is 4. The Morgan fingerprint density at radius 3 is 2.59 bits per heavy atom. The van der Waals surface area contributed by atoms with Gasteiger partial charge in [-0.2, -0.15) is 0 Å². The summed E-state index contributed by atoms with van der Waals surface area (Å²) in [5.74, 6) is 0.955. The van der Waals surface area contributed by atoms with Crippen LogP contribution in [0.4, 0.5) is 0 Å². The molecule has 5 nitrogen and oxygen atoms in total. The second-order valence-electron chi connectivity index (χ2n) is 7.67. The van der Waals surface area contributed by atoms with E-state index >= 15 is 0 Å². The molecule has 0 aromatic carbocycles. The Hall–Kier alpha value is -2.73. The monoisotopic (exact) mass is 405 g/mol. The molecule has 4 heterocycles. The molecule has 0 spiro atoms. The Morgan fingerprint density at radius 1 is 1.07 bits per heavy atom. The third-order valence-electron chi connectivity index (χ3n) is 5.58. The third kappa shape index (κ3) is 3.53. The van der Waals surface area contributed by atoms with Crippen LogP contribution in [0.1, 0.15) is 53.6 Å². The fourth-order valence-electron chi connectivity index (χ4n) is 4.31. The zero-order valence-corrected chi connectivity index (χ0v) is 18.2. The van der Waals surface area contributed by atoms with Gasteiger partial charge in [-0.05, 0) is 80.9 Å². The molecule has 0 bridgehead atoms. The molecular weight excluding hydrogens is 378 g/mol. The van der Waals surface area contributed by atoms with Crippen LogP contribution in [0.2, 0.25) is 0 Å². The number of aryl methyl sites for hydroxylation is 2.